The highest BCUT2D eigenvalue weighted by Crippen LogP contribution is 2.22. The third-order valence-corrected chi connectivity index (χ3v) is 5.87. The minimum Gasteiger partial charge on any atom is -0.481 e. The molecule has 1 aliphatic rings. The van der Waals surface area contributed by atoms with Gasteiger partial charge in [-0.2, -0.15) is 0 Å². The van der Waals surface area contributed by atoms with E-state index in [0.29, 0.717) is 31.9 Å². The molecule has 1 heterocycles. The van der Waals surface area contributed by atoms with Crippen LogP contribution in [0.2, 0.25) is 0 Å². The first-order valence-corrected chi connectivity index (χ1v) is 10.0. The SMILES string of the molecule is O=C(O)CC(CS(=O)(=O)CCC(=O)N1CCOCC1)c1ccccc1. The number of carboxylic acids is 1. The van der Waals surface area contributed by atoms with E-state index in [1.807, 2.05) is 0 Å². The maximum absolute atomic E-state index is 12.4. The first-order valence-electron chi connectivity index (χ1n) is 8.20. The minimum atomic E-state index is -3.55. The summed E-state index contributed by atoms with van der Waals surface area (Å²) in [5.41, 5.74) is 0.674. The number of carbonyl (C=O) groups excluding carboxylic acids is 1. The van der Waals surface area contributed by atoms with E-state index in [-0.39, 0.29) is 30.3 Å². The Bertz CT molecular complexity index is 682. The highest BCUT2D eigenvalue weighted by Gasteiger charge is 2.25. The fraction of sp³-hybridized carbons (Fsp3) is 0.529. The van der Waals surface area contributed by atoms with Crippen LogP contribution in [0.4, 0.5) is 0 Å². The molecular weight excluding hydrogens is 346 g/mol. The van der Waals surface area contributed by atoms with Crippen molar-refractivity contribution in [3.8, 4) is 0 Å². The highest BCUT2D eigenvalue weighted by molar-refractivity contribution is 7.91. The van der Waals surface area contributed by atoms with E-state index in [9.17, 15) is 18.0 Å². The van der Waals surface area contributed by atoms with Gasteiger partial charge in [0.2, 0.25) is 5.91 Å². The van der Waals surface area contributed by atoms with E-state index in [2.05, 4.69) is 0 Å². The van der Waals surface area contributed by atoms with Crippen LogP contribution in [0.25, 0.3) is 0 Å². The van der Waals surface area contributed by atoms with Crippen LogP contribution in [0.1, 0.15) is 24.3 Å². The van der Waals surface area contributed by atoms with Crippen molar-refractivity contribution >= 4 is 21.7 Å². The number of carbonyl (C=O) groups is 2. The summed E-state index contributed by atoms with van der Waals surface area (Å²) >= 11 is 0. The molecule has 0 saturated carbocycles. The van der Waals surface area contributed by atoms with Crippen molar-refractivity contribution in [3.05, 3.63) is 35.9 Å². The normalized spacial score (nSPS) is 16.4. The van der Waals surface area contributed by atoms with Crippen LogP contribution in [0.15, 0.2) is 30.3 Å². The lowest BCUT2D eigenvalue weighted by Gasteiger charge is -2.26. The number of morpholine rings is 1. The molecule has 0 spiro atoms. The van der Waals surface area contributed by atoms with Gasteiger partial charge in [0.15, 0.2) is 9.84 Å². The average Bonchev–Trinajstić information content (AvgIpc) is 2.60. The van der Waals surface area contributed by atoms with E-state index in [4.69, 9.17) is 9.84 Å². The molecule has 7 nitrogen and oxygen atoms in total. The maximum Gasteiger partial charge on any atom is 0.303 e. The Labute approximate surface area is 147 Å². The number of carboxylic acid groups (broad SMARTS) is 1. The van der Waals surface area contributed by atoms with Gasteiger partial charge < -0.3 is 14.7 Å². The molecule has 1 amide bonds. The van der Waals surface area contributed by atoms with E-state index in [1.165, 1.54) is 0 Å². The zero-order valence-corrected chi connectivity index (χ0v) is 14.8. The molecule has 8 heteroatoms. The smallest absolute Gasteiger partial charge is 0.303 e. The molecule has 0 aromatic heterocycles. The molecule has 0 bridgehead atoms. The quantitative estimate of drug-likeness (QED) is 0.731. The van der Waals surface area contributed by atoms with Crippen molar-refractivity contribution in [1.29, 1.82) is 0 Å². The van der Waals surface area contributed by atoms with Crippen LogP contribution in [0.3, 0.4) is 0 Å². The molecule has 1 fully saturated rings. The van der Waals surface area contributed by atoms with Crippen molar-refractivity contribution in [2.75, 3.05) is 37.8 Å². The maximum atomic E-state index is 12.4. The highest BCUT2D eigenvalue weighted by atomic mass is 32.2. The van der Waals surface area contributed by atoms with Crippen LogP contribution in [-0.2, 0) is 24.2 Å². The number of nitrogens with zero attached hydrogens (tertiary/aromatic N) is 1. The predicted molar refractivity (Wildman–Crippen MR) is 92.1 cm³/mol. The number of aliphatic carboxylic acids is 1. The molecule has 0 radical (unpaired) electrons. The monoisotopic (exact) mass is 369 g/mol. The predicted octanol–water partition coefficient (Wildman–Crippen LogP) is 0.909. The second-order valence-electron chi connectivity index (χ2n) is 6.06. The molecule has 1 N–H and O–H groups in total. The van der Waals surface area contributed by atoms with Gasteiger partial charge in [-0.3, -0.25) is 9.59 Å². The first kappa shape index (κ1) is 19.4. The molecule has 25 heavy (non-hydrogen) atoms. The van der Waals surface area contributed by atoms with Gasteiger partial charge in [-0.15, -0.1) is 0 Å². The summed E-state index contributed by atoms with van der Waals surface area (Å²) in [5.74, 6) is -2.43. The number of benzene rings is 1. The second kappa shape index (κ2) is 8.96. The number of ether oxygens (including phenoxy) is 1. The van der Waals surface area contributed by atoms with Gasteiger partial charge >= 0.3 is 5.97 Å². The number of amides is 1. The van der Waals surface area contributed by atoms with E-state index >= 15 is 0 Å². The lowest BCUT2D eigenvalue weighted by molar-refractivity contribution is -0.137. The molecule has 1 aliphatic heterocycles. The summed E-state index contributed by atoms with van der Waals surface area (Å²) in [6.07, 6.45) is -0.350. The molecular formula is C17H23NO6S. The summed E-state index contributed by atoms with van der Waals surface area (Å²) in [6, 6.07) is 8.73. The average molecular weight is 369 g/mol. The van der Waals surface area contributed by atoms with Crippen LogP contribution >= 0.6 is 0 Å². The summed E-state index contributed by atoms with van der Waals surface area (Å²) in [7, 11) is -3.55. The van der Waals surface area contributed by atoms with Crippen LogP contribution in [-0.4, -0.2) is 68.1 Å². The Morgan fingerprint density at radius 2 is 1.80 bits per heavy atom. The molecule has 1 unspecified atom stereocenters. The zero-order chi connectivity index (χ0) is 18.3. The van der Waals surface area contributed by atoms with Crippen molar-refractivity contribution in [1.82, 2.24) is 4.90 Å². The third-order valence-electron chi connectivity index (χ3n) is 4.14. The topological polar surface area (TPSA) is 101 Å². The fourth-order valence-electron chi connectivity index (χ4n) is 2.81. The lowest BCUT2D eigenvalue weighted by Crippen LogP contribution is -2.41. The standard InChI is InChI=1S/C17H23NO6S/c19-16(18-7-9-24-10-8-18)6-11-25(22,23)13-15(12-17(20)21)14-4-2-1-3-5-14/h1-5,15H,6-13H2,(H,20,21). The lowest BCUT2D eigenvalue weighted by atomic mass is 9.98. The molecule has 1 aromatic rings. The second-order valence-corrected chi connectivity index (χ2v) is 8.29. The van der Waals surface area contributed by atoms with Crippen LogP contribution < -0.4 is 0 Å². The van der Waals surface area contributed by atoms with Gasteiger partial charge in [0.05, 0.1) is 31.1 Å². The molecule has 0 aliphatic carbocycles. The number of hydrogen-bond donors (Lipinski definition) is 1. The van der Waals surface area contributed by atoms with Crippen LogP contribution in [0, 0.1) is 0 Å². The zero-order valence-electron chi connectivity index (χ0n) is 14.0. The Morgan fingerprint density at radius 3 is 2.40 bits per heavy atom. The fourth-order valence-corrected chi connectivity index (χ4v) is 4.39. The summed E-state index contributed by atoms with van der Waals surface area (Å²) in [4.78, 5) is 24.8. The van der Waals surface area contributed by atoms with Crippen LogP contribution in [0.5, 0.6) is 0 Å². The summed E-state index contributed by atoms with van der Waals surface area (Å²) < 4.78 is 30.0. The number of sulfone groups is 1. The number of rotatable bonds is 8. The summed E-state index contributed by atoms with van der Waals surface area (Å²) in [6.45, 7) is 1.88. The van der Waals surface area contributed by atoms with Crippen molar-refractivity contribution < 1.29 is 27.9 Å². The van der Waals surface area contributed by atoms with E-state index < -0.39 is 21.7 Å². The Morgan fingerprint density at radius 1 is 1.16 bits per heavy atom. The largest absolute Gasteiger partial charge is 0.481 e. The Kier molecular flexibility index (Phi) is 6.95. The van der Waals surface area contributed by atoms with Gasteiger partial charge in [-0.25, -0.2) is 8.42 Å². The van der Waals surface area contributed by atoms with Crippen molar-refractivity contribution in [2.24, 2.45) is 0 Å². The van der Waals surface area contributed by atoms with Gasteiger partial charge in [0.25, 0.3) is 0 Å². The van der Waals surface area contributed by atoms with Gasteiger partial charge in [-0.1, -0.05) is 30.3 Å². The minimum absolute atomic E-state index is 0.0864. The van der Waals surface area contributed by atoms with Crippen molar-refractivity contribution in [2.45, 2.75) is 18.8 Å². The van der Waals surface area contributed by atoms with Crippen molar-refractivity contribution in [3.63, 3.8) is 0 Å². The summed E-state index contributed by atoms with van der Waals surface area (Å²) in [5, 5.41) is 9.06. The van der Waals surface area contributed by atoms with E-state index in [0.717, 1.165) is 0 Å². The third kappa shape index (κ3) is 6.47. The Hall–Kier alpha value is -1.93. The van der Waals surface area contributed by atoms with E-state index in [1.54, 1.807) is 35.2 Å². The van der Waals surface area contributed by atoms with Gasteiger partial charge in [-0.05, 0) is 5.56 Å². The number of hydrogen-bond acceptors (Lipinski definition) is 5. The molecule has 138 valence electrons. The van der Waals surface area contributed by atoms with Gasteiger partial charge in [0, 0.05) is 25.4 Å². The molecule has 2 rings (SSSR count). The molecule has 1 atom stereocenters. The Balaban J connectivity index is 1.96. The first-order chi connectivity index (χ1) is 11.9. The molecule has 1 aromatic carbocycles. The molecule has 1 saturated heterocycles. The van der Waals surface area contributed by atoms with Gasteiger partial charge in [0.1, 0.15) is 0 Å².